The summed E-state index contributed by atoms with van der Waals surface area (Å²) in [6, 6.07) is 10.9. The molecule has 2 aromatic rings. The molecular weight excluding hydrogens is 491 g/mol. The molecule has 2 aliphatic rings. The monoisotopic (exact) mass is 521 g/mol. The van der Waals surface area contributed by atoms with Crippen molar-refractivity contribution < 1.29 is 27.5 Å². The van der Waals surface area contributed by atoms with Crippen molar-refractivity contribution in [3.63, 3.8) is 0 Å². The normalized spacial score (nSPS) is 20.5. The molecule has 2 fully saturated rings. The highest BCUT2D eigenvalue weighted by Gasteiger charge is 2.51. The highest BCUT2D eigenvalue weighted by Crippen LogP contribution is 2.50. The standard InChI is InChI=1S/C28H31ClF3NO3/c1-2-3-14-36-26(35)27(12-13-27)16-18-4-9-22(30)23(15-18)33-25(34)24(19-5-7-21(29)8-6-19)20-10-11-28(31,32)17-20/h4-9,15,20,24H,2-3,10-14,16-17H2,1H3,(H,33,34). The number of alkyl halides is 2. The number of amides is 1. The molecule has 36 heavy (non-hydrogen) atoms. The lowest BCUT2D eigenvalue weighted by Crippen LogP contribution is -2.28. The fraction of sp³-hybridized carbons (Fsp3) is 0.500. The quantitative estimate of drug-likeness (QED) is 0.263. The van der Waals surface area contributed by atoms with E-state index in [2.05, 4.69) is 5.32 Å². The van der Waals surface area contributed by atoms with E-state index < -0.39 is 41.3 Å². The maximum absolute atomic E-state index is 14.7. The zero-order chi connectivity index (χ0) is 25.9. The van der Waals surface area contributed by atoms with Crippen molar-refractivity contribution in [1.29, 1.82) is 0 Å². The number of anilines is 1. The molecule has 1 amide bonds. The van der Waals surface area contributed by atoms with Crippen molar-refractivity contribution >= 4 is 29.2 Å². The van der Waals surface area contributed by atoms with E-state index in [1.165, 1.54) is 12.1 Å². The summed E-state index contributed by atoms with van der Waals surface area (Å²) < 4.78 is 48.2. The Balaban J connectivity index is 1.51. The lowest BCUT2D eigenvalue weighted by molar-refractivity contribution is -0.150. The van der Waals surface area contributed by atoms with Crippen LogP contribution in [0.15, 0.2) is 42.5 Å². The van der Waals surface area contributed by atoms with Gasteiger partial charge in [0.2, 0.25) is 11.8 Å². The summed E-state index contributed by atoms with van der Waals surface area (Å²) in [5.74, 6) is -5.70. The first-order valence-electron chi connectivity index (χ1n) is 12.5. The second-order valence-electron chi connectivity index (χ2n) is 10.1. The van der Waals surface area contributed by atoms with E-state index >= 15 is 0 Å². The van der Waals surface area contributed by atoms with Gasteiger partial charge in [-0.3, -0.25) is 9.59 Å². The van der Waals surface area contributed by atoms with Gasteiger partial charge in [0.25, 0.3) is 0 Å². The number of halogens is 4. The Morgan fingerprint density at radius 1 is 1.14 bits per heavy atom. The highest BCUT2D eigenvalue weighted by atomic mass is 35.5. The lowest BCUT2D eigenvalue weighted by Gasteiger charge is -2.24. The van der Waals surface area contributed by atoms with Gasteiger partial charge in [0, 0.05) is 17.9 Å². The van der Waals surface area contributed by atoms with Crippen LogP contribution in [0.25, 0.3) is 0 Å². The molecule has 1 N–H and O–H groups in total. The topological polar surface area (TPSA) is 55.4 Å². The molecule has 2 aromatic carbocycles. The van der Waals surface area contributed by atoms with Crippen LogP contribution in [0.3, 0.4) is 0 Å². The number of carbonyl (C=O) groups is 2. The van der Waals surface area contributed by atoms with Gasteiger partial charge in [0.1, 0.15) is 5.82 Å². The average Bonchev–Trinajstić information content (AvgIpc) is 3.53. The van der Waals surface area contributed by atoms with Gasteiger partial charge in [-0.05, 0) is 73.4 Å². The number of esters is 1. The third-order valence-corrected chi connectivity index (χ3v) is 7.53. The minimum Gasteiger partial charge on any atom is -0.465 e. The van der Waals surface area contributed by atoms with Crippen LogP contribution < -0.4 is 5.32 Å². The summed E-state index contributed by atoms with van der Waals surface area (Å²) in [5.41, 5.74) is 0.625. The predicted octanol–water partition coefficient (Wildman–Crippen LogP) is 7.30. The van der Waals surface area contributed by atoms with Crippen LogP contribution in [0.4, 0.5) is 18.9 Å². The van der Waals surface area contributed by atoms with Crippen LogP contribution >= 0.6 is 11.6 Å². The molecule has 2 saturated carbocycles. The average molecular weight is 522 g/mol. The van der Waals surface area contributed by atoms with Crippen molar-refractivity contribution in [2.75, 3.05) is 11.9 Å². The van der Waals surface area contributed by atoms with Crippen LogP contribution in [0, 0.1) is 17.2 Å². The molecule has 2 atom stereocenters. The number of ether oxygens (including phenoxy) is 1. The highest BCUT2D eigenvalue weighted by molar-refractivity contribution is 6.30. The van der Waals surface area contributed by atoms with Gasteiger partial charge in [-0.25, -0.2) is 13.2 Å². The van der Waals surface area contributed by atoms with Crippen molar-refractivity contribution in [3.05, 3.63) is 64.4 Å². The van der Waals surface area contributed by atoms with Crippen LogP contribution in [0.1, 0.15) is 68.9 Å². The molecule has 0 spiro atoms. The number of hydrogen-bond acceptors (Lipinski definition) is 3. The number of carbonyl (C=O) groups excluding carboxylic acids is 2. The molecule has 4 rings (SSSR count). The van der Waals surface area contributed by atoms with Gasteiger partial charge in [0.05, 0.1) is 23.6 Å². The van der Waals surface area contributed by atoms with Crippen molar-refractivity contribution in [3.8, 4) is 0 Å². The minimum atomic E-state index is -2.83. The summed E-state index contributed by atoms with van der Waals surface area (Å²) in [6.45, 7) is 2.40. The number of benzene rings is 2. The van der Waals surface area contributed by atoms with Crippen molar-refractivity contribution in [2.45, 2.75) is 70.1 Å². The zero-order valence-corrected chi connectivity index (χ0v) is 21.1. The lowest BCUT2D eigenvalue weighted by atomic mass is 9.84. The van der Waals surface area contributed by atoms with Gasteiger partial charge in [-0.15, -0.1) is 0 Å². The van der Waals surface area contributed by atoms with Gasteiger partial charge in [0.15, 0.2) is 0 Å². The Morgan fingerprint density at radius 3 is 2.47 bits per heavy atom. The summed E-state index contributed by atoms with van der Waals surface area (Å²) >= 11 is 5.98. The molecule has 0 aliphatic heterocycles. The first-order valence-corrected chi connectivity index (χ1v) is 12.9. The van der Waals surface area contributed by atoms with Crippen LogP contribution in [0.2, 0.25) is 5.02 Å². The largest absolute Gasteiger partial charge is 0.465 e. The molecule has 0 aromatic heterocycles. The Bertz CT molecular complexity index is 1100. The molecule has 8 heteroatoms. The SMILES string of the molecule is CCCCOC(=O)C1(Cc2ccc(F)c(NC(=O)C(c3ccc(Cl)cc3)C3CCC(F)(F)C3)c2)CC1. The molecule has 0 heterocycles. The third kappa shape index (κ3) is 6.23. The smallest absolute Gasteiger partial charge is 0.312 e. The fourth-order valence-corrected chi connectivity index (χ4v) is 5.15. The van der Waals surface area contributed by atoms with Crippen LogP contribution in [-0.4, -0.2) is 24.4 Å². The van der Waals surface area contributed by atoms with Gasteiger partial charge >= 0.3 is 5.97 Å². The fourth-order valence-electron chi connectivity index (χ4n) is 5.02. The first-order chi connectivity index (χ1) is 17.1. The van der Waals surface area contributed by atoms with E-state index in [1.807, 2.05) is 6.92 Å². The Hall–Kier alpha value is -2.54. The molecule has 194 valence electrons. The zero-order valence-electron chi connectivity index (χ0n) is 20.3. The summed E-state index contributed by atoms with van der Waals surface area (Å²) in [4.78, 5) is 26.0. The molecule has 0 saturated heterocycles. The van der Waals surface area contributed by atoms with E-state index in [9.17, 15) is 22.8 Å². The second kappa shape index (κ2) is 10.8. The van der Waals surface area contributed by atoms with E-state index in [-0.39, 0.29) is 24.5 Å². The summed E-state index contributed by atoms with van der Waals surface area (Å²) in [6.07, 6.45) is 3.02. The van der Waals surface area contributed by atoms with Gasteiger partial charge in [-0.1, -0.05) is 43.1 Å². The molecule has 2 unspecified atom stereocenters. The molecule has 4 nitrogen and oxygen atoms in total. The predicted molar refractivity (Wildman–Crippen MR) is 133 cm³/mol. The van der Waals surface area contributed by atoms with E-state index in [0.717, 1.165) is 12.8 Å². The van der Waals surface area contributed by atoms with E-state index in [1.54, 1.807) is 30.3 Å². The van der Waals surface area contributed by atoms with E-state index in [0.29, 0.717) is 42.0 Å². The summed E-state index contributed by atoms with van der Waals surface area (Å²) in [7, 11) is 0. The molecular formula is C28H31ClF3NO3. The maximum atomic E-state index is 14.7. The Labute approximate surface area is 214 Å². The molecule has 0 radical (unpaired) electrons. The third-order valence-electron chi connectivity index (χ3n) is 7.27. The summed E-state index contributed by atoms with van der Waals surface area (Å²) in [5, 5.41) is 3.11. The number of hydrogen-bond donors (Lipinski definition) is 1. The minimum absolute atomic E-state index is 0.0311. The first kappa shape index (κ1) is 26.5. The van der Waals surface area contributed by atoms with E-state index in [4.69, 9.17) is 16.3 Å². The molecule has 0 bridgehead atoms. The number of unbranched alkanes of at least 4 members (excludes halogenated alkanes) is 1. The second-order valence-corrected chi connectivity index (χ2v) is 10.6. The van der Waals surface area contributed by atoms with Crippen molar-refractivity contribution in [1.82, 2.24) is 0 Å². The van der Waals surface area contributed by atoms with Crippen molar-refractivity contribution in [2.24, 2.45) is 11.3 Å². The van der Waals surface area contributed by atoms with Crippen LogP contribution in [-0.2, 0) is 20.7 Å². The Kier molecular flexibility index (Phi) is 7.98. The van der Waals surface area contributed by atoms with Crippen LogP contribution in [0.5, 0.6) is 0 Å². The Morgan fingerprint density at radius 2 is 1.86 bits per heavy atom. The van der Waals surface area contributed by atoms with Gasteiger partial charge < -0.3 is 10.1 Å². The maximum Gasteiger partial charge on any atom is 0.312 e. The molecule has 2 aliphatic carbocycles. The number of nitrogens with one attached hydrogen (secondary N) is 1. The van der Waals surface area contributed by atoms with Gasteiger partial charge in [-0.2, -0.15) is 0 Å². The number of rotatable bonds is 10.